The average Bonchev–Trinajstić information content (AvgIpc) is 3.07. The molecule has 2 fully saturated rings. The van der Waals surface area contributed by atoms with Crippen molar-refractivity contribution in [3.63, 3.8) is 0 Å². The predicted octanol–water partition coefficient (Wildman–Crippen LogP) is 1.24. The van der Waals surface area contributed by atoms with Crippen molar-refractivity contribution < 1.29 is 14.6 Å². The van der Waals surface area contributed by atoms with E-state index in [0.29, 0.717) is 19.5 Å². The summed E-state index contributed by atoms with van der Waals surface area (Å²) < 4.78 is 5.57. The van der Waals surface area contributed by atoms with Crippen LogP contribution >= 0.6 is 0 Å². The Balaban J connectivity index is 1.59. The minimum atomic E-state index is -1.01. The summed E-state index contributed by atoms with van der Waals surface area (Å²) in [6, 6.07) is 2.15. The van der Waals surface area contributed by atoms with Gasteiger partial charge in [-0.1, -0.05) is 6.92 Å². The third kappa shape index (κ3) is 3.06. The van der Waals surface area contributed by atoms with Crippen molar-refractivity contribution in [1.82, 2.24) is 14.9 Å². The van der Waals surface area contributed by atoms with Gasteiger partial charge in [0.2, 0.25) is 5.91 Å². The van der Waals surface area contributed by atoms with E-state index in [1.165, 1.54) is 0 Å². The maximum Gasteiger partial charge on any atom is 0.316 e. The molecule has 1 N–H and O–H groups in total. The van der Waals surface area contributed by atoms with Crippen LogP contribution in [0.2, 0.25) is 0 Å². The van der Waals surface area contributed by atoms with Crippen molar-refractivity contribution >= 4 is 5.91 Å². The number of amides is 1. The molecule has 1 aromatic rings. The molecule has 0 aromatic carbocycles. The lowest BCUT2D eigenvalue weighted by molar-refractivity contribution is -0.136. The van der Waals surface area contributed by atoms with Gasteiger partial charge in [-0.25, -0.2) is 9.97 Å². The van der Waals surface area contributed by atoms with Crippen molar-refractivity contribution in [2.45, 2.75) is 45.6 Å². The van der Waals surface area contributed by atoms with Gasteiger partial charge in [0.25, 0.3) is 0 Å². The topological polar surface area (TPSA) is 75.6 Å². The van der Waals surface area contributed by atoms with E-state index in [-0.39, 0.29) is 23.9 Å². The molecule has 2 aliphatic rings. The number of carbonyl (C=O) groups is 1. The standard InChI is InChI=1S/C16H23N3O3/c1-11-8-12(2)18-14(17-11)22-10-16(21)6-7-19(9-16)13(20)15(3)4-5-15/h8,21H,4-7,9-10H2,1-3H3/t16-/m0/s1. The van der Waals surface area contributed by atoms with Gasteiger partial charge >= 0.3 is 6.01 Å². The van der Waals surface area contributed by atoms with Crippen LogP contribution in [0.15, 0.2) is 6.07 Å². The van der Waals surface area contributed by atoms with Crippen LogP contribution in [-0.4, -0.2) is 51.2 Å². The lowest BCUT2D eigenvalue weighted by Gasteiger charge is -2.24. The van der Waals surface area contributed by atoms with Gasteiger partial charge in [-0.05, 0) is 39.2 Å². The molecule has 2 heterocycles. The van der Waals surface area contributed by atoms with Gasteiger partial charge in [0, 0.05) is 23.3 Å². The minimum absolute atomic E-state index is 0.108. The molecule has 6 heteroatoms. The van der Waals surface area contributed by atoms with Crippen LogP contribution in [0.5, 0.6) is 6.01 Å². The van der Waals surface area contributed by atoms with E-state index < -0.39 is 5.60 Å². The molecule has 0 bridgehead atoms. The van der Waals surface area contributed by atoms with E-state index >= 15 is 0 Å². The van der Waals surface area contributed by atoms with Crippen molar-refractivity contribution in [2.75, 3.05) is 19.7 Å². The minimum Gasteiger partial charge on any atom is -0.460 e. The van der Waals surface area contributed by atoms with E-state index in [4.69, 9.17) is 4.74 Å². The first-order chi connectivity index (χ1) is 10.3. The molecule has 1 aliphatic carbocycles. The highest BCUT2D eigenvalue weighted by Crippen LogP contribution is 2.47. The number of aromatic nitrogens is 2. The summed E-state index contributed by atoms with van der Waals surface area (Å²) in [7, 11) is 0. The second-order valence-corrected chi connectivity index (χ2v) is 6.98. The van der Waals surface area contributed by atoms with Crippen molar-refractivity contribution in [1.29, 1.82) is 0 Å². The highest BCUT2D eigenvalue weighted by Gasteiger charge is 2.50. The van der Waals surface area contributed by atoms with Crippen LogP contribution in [0, 0.1) is 19.3 Å². The van der Waals surface area contributed by atoms with E-state index in [1.807, 2.05) is 26.8 Å². The summed E-state index contributed by atoms with van der Waals surface area (Å²) in [4.78, 5) is 22.5. The van der Waals surface area contributed by atoms with Crippen LogP contribution in [0.3, 0.4) is 0 Å². The van der Waals surface area contributed by atoms with Gasteiger partial charge in [0.05, 0.1) is 6.54 Å². The van der Waals surface area contributed by atoms with Gasteiger partial charge in [-0.3, -0.25) is 4.79 Å². The maximum atomic E-state index is 12.3. The molecule has 120 valence electrons. The first-order valence-corrected chi connectivity index (χ1v) is 7.77. The zero-order chi connectivity index (χ0) is 16.0. The highest BCUT2D eigenvalue weighted by atomic mass is 16.5. The molecule has 0 spiro atoms. The maximum absolute atomic E-state index is 12.3. The smallest absolute Gasteiger partial charge is 0.316 e. The Labute approximate surface area is 130 Å². The monoisotopic (exact) mass is 305 g/mol. The molecule has 1 saturated carbocycles. The van der Waals surface area contributed by atoms with Gasteiger partial charge in [-0.2, -0.15) is 0 Å². The first kappa shape index (κ1) is 15.2. The number of rotatable bonds is 4. The van der Waals surface area contributed by atoms with Gasteiger partial charge in [0.15, 0.2) is 0 Å². The lowest BCUT2D eigenvalue weighted by atomic mass is 10.1. The number of likely N-dealkylation sites (tertiary alicyclic amines) is 1. The molecule has 22 heavy (non-hydrogen) atoms. The second-order valence-electron chi connectivity index (χ2n) is 6.98. The fourth-order valence-electron chi connectivity index (χ4n) is 2.89. The summed E-state index contributed by atoms with van der Waals surface area (Å²) in [6.45, 7) is 6.77. The Morgan fingerprint density at radius 3 is 2.55 bits per heavy atom. The highest BCUT2D eigenvalue weighted by molar-refractivity contribution is 5.85. The average molecular weight is 305 g/mol. The third-order valence-electron chi connectivity index (χ3n) is 4.57. The van der Waals surface area contributed by atoms with Crippen molar-refractivity contribution in [2.24, 2.45) is 5.41 Å². The first-order valence-electron chi connectivity index (χ1n) is 7.77. The molecule has 1 aromatic heterocycles. The molecule has 0 unspecified atom stereocenters. The Bertz CT molecular complexity index is 580. The Hall–Kier alpha value is -1.69. The number of carbonyl (C=O) groups excluding carboxylic acids is 1. The molecule has 1 amide bonds. The van der Waals surface area contributed by atoms with Crippen LogP contribution < -0.4 is 4.74 Å². The van der Waals surface area contributed by atoms with Crippen LogP contribution in [0.1, 0.15) is 37.6 Å². The van der Waals surface area contributed by atoms with Crippen LogP contribution in [0.4, 0.5) is 0 Å². The third-order valence-corrected chi connectivity index (χ3v) is 4.57. The molecular formula is C16H23N3O3. The summed E-state index contributed by atoms with van der Waals surface area (Å²) in [6.07, 6.45) is 2.43. The molecule has 1 atom stereocenters. The Morgan fingerprint density at radius 2 is 1.95 bits per heavy atom. The number of ether oxygens (including phenoxy) is 1. The predicted molar refractivity (Wildman–Crippen MR) is 80.5 cm³/mol. The zero-order valence-corrected chi connectivity index (χ0v) is 13.4. The Morgan fingerprint density at radius 1 is 1.32 bits per heavy atom. The molecular weight excluding hydrogens is 282 g/mol. The largest absolute Gasteiger partial charge is 0.460 e. The van der Waals surface area contributed by atoms with Crippen LogP contribution in [0.25, 0.3) is 0 Å². The molecule has 3 rings (SSSR count). The summed E-state index contributed by atoms with van der Waals surface area (Å²) in [5.74, 6) is 0.158. The van der Waals surface area contributed by atoms with E-state index in [1.54, 1.807) is 4.90 Å². The van der Waals surface area contributed by atoms with E-state index in [0.717, 1.165) is 24.2 Å². The zero-order valence-electron chi connectivity index (χ0n) is 13.4. The Kier molecular flexibility index (Phi) is 3.59. The number of hydrogen-bond acceptors (Lipinski definition) is 5. The number of β-amino-alcohol motifs (C(OH)–C–C–N with tert-alkyl or cyclic N) is 1. The van der Waals surface area contributed by atoms with Gasteiger partial charge < -0.3 is 14.7 Å². The SMILES string of the molecule is Cc1cc(C)nc(OC[C@]2(O)CCN(C(=O)C3(C)CC3)C2)n1. The molecule has 1 saturated heterocycles. The lowest BCUT2D eigenvalue weighted by Crippen LogP contribution is -2.42. The van der Waals surface area contributed by atoms with E-state index in [9.17, 15) is 9.90 Å². The van der Waals surface area contributed by atoms with Crippen molar-refractivity contribution in [3.05, 3.63) is 17.5 Å². The fourth-order valence-corrected chi connectivity index (χ4v) is 2.89. The van der Waals surface area contributed by atoms with Crippen LogP contribution in [-0.2, 0) is 4.79 Å². The van der Waals surface area contributed by atoms with Gasteiger partial charge in [0.1, 0.15) is 12.2 Å². The number of hydrogen-bond donors (Lipinski definition) is 1. The van der Waals surface area contributed by atoms with Crippen molar-refractivity contribution in [3.8, 4) is 6.01 Å². The summed E-state index contributed by atoms with van der Waals surface area (Å²) in [5, 5.41) is 10.6. The summed E-state index contributed by atoms with van der Waals surface area (Å²) >= 11 is 0. The normalized spacial score (nSPS) is 26.1. The van der Waals surface area contributed by atoms with E-state index in [2.05, 4.69) is 9.97 Å². The van der Waals surface area contributed by atoms with Gasteiger partial charge in [-0.15, -0.1) is 0 Å². The number of nitrogens with zero attached hydrogens (tertiary/aromatic N) is 3. The number of aryl methyl sites for hydroxylation is 2. The fraction of sp³-hybridized carbons (Fsp3) is 0.688. The molecule has 1 aliphatic heterocycles. The second kappa shape index (κ2) is 5.19. The number of aliphatic hydroxyl groups is 1. The molecule has 0 radical (unpaired) electrons. The quantitative estimate of drug-likeness (QED) is 0.905. The molecule has 6 nitrogen and oxygen atoms in total. The summed E-state index contributed by atoms with van der Waals surface area (Å²) in [5.41, 5.74) is 0.462.